The first-order valence-electron chi connectivity index (χ1n) is 5.77. The van der Waals surface area contributed by atoms with Crippen LogP contribution in [0.5, 0.6) is 0 Å². The fourth-order valence-electron chi connectivity index (χ4n) is 1.35. The summed E-state index contributed by atoms with van der Waals surface area (Å²) in [4.78, 5) is 11.4. The molecule has 0 saturated carbocycles. The van der Waals surface area contributed by atoms with E-state index in [0.717, 1.165) is 24.1 Å². The number of carbonyl (C=O) groups excluding carboxylic acids is 1. The Balaban J connectivity index is 2.41. The van der Waals surface area contributed by atoms with Crippen molar-refractivity contribution in [3.8, 4) is 6.07 Å². The van der Waals surface area contributed by atoms with E-state index in [1.807, 2.05) is 12.1 Å². The molecule has 0 atom stereocenters. The average Bonchev–Trinajstić information content (AvgIpc) is 2.32. The Morgan fingerprint density at radius 2 is 2.06 bits per heavy atom. The largest absolute Gasteiger partial charge is 0.338 e. The van der Waals surface area contributed by atoms with Gasteiger partial charge in [0.05, 0.1) is 12.5 Å². The van der Waals surface area contributed by atoms with Crippen molar-refractivity contribution in [2.45, 2.75) is 26.2 Å². The van der Waals surface area contributed by atoms with Crippen LogP contribution in [-0.2, 0) is 6.42 Å². The van der Waals surface area contributed by atoms with Gasteiger partial charge in [-0.3, -0.25) is 0 Å². The van der Waals surface area contributed by atoms with E-state index in [4.69, 9.17) is 5.26 Å². The molecule has 1 rings (SSSR count). The van der Waals surface area contributed by atoms with E-state index in [2.05, 4.69) is 23.6 Å². The van der Waals surface area contributed by atoms with E-state index < -0.39 is 0 Å². The molecule has 0 aromatic heterocycles. The maximum Gasteiger partial charge on any atom is 0.319 e. The Bertz CT molecular complexity index is 392. The van der Waals surface area contributed by atoms with Crippen molar-refractivity contribution in [1.29, 1.82) is 5.26 Å². The topological polar surface area (TPSA) is 64.9 Å². The molecular formula is C13H17N3O. The monoisotopic (exact) mass is 231 g/mol. The van der Waals surface area contributed by atoms with Gasteiger partial charge in [-0.1, -0.05) is 25.5 Å². The molecule has 4 nitrogen and oxygen atoms in total. The molecule has 0 bridgehead atoms. The molecule has 0 spiro atoms. The summed E-state index contributed by atoms with van der Waals surface area (Å²) in [5, 5.41) is 14.0. The summed E-state index contributed by atoms with van der Waals surface area (Å²) >= 11 is 0. The molecule has 2 amide bonds. The zero-order valence-electron chi connectivity index (χ0n) is 9.99. The Labute approximate surface area is 102 Å². The van der Waals surface area contributed by atoms with Gasteiger partial charge in [0.25, 0.3) is 0 Å². The van der Waals surface area contributed by atoms with Crippen LogP contribution in [0.2, 0.25) is 0 Å². The minimum atomic E-state index is -0.188. The van der Waals surface area contributed by atoms with E-state index in [0.29, 0.717) is 13.0 Å². The van der Waals surface area contributed by atoms with Crippen LogP contribution in [0.3, 0.4) is 0 Å². The van der Waals surface area contributed by atoms with Crippen LogP contribution >= 0.6 is 0 Å². The van der Waals surface area contributed by atoms with Gasteiger partial charge >= 0.3 is 6.03 Å². The Kier molecular flexibility index (Phi) is 5.59. The zero-order valence-corrected chi connectivity index (χ0v) is 9.99. The van der Waals surface area contributed by atoms with Gasteiger partial charge in [0.2, 0.25) is 0 Å². The van der Waals surface area contributed by atoms with Crippen molar-refractivity contribution < 1.29 is 4.79 Å². The van der Waals surface area contributed by atoms with Crippen LogP contribution in [0.25, 0.3) is 0 Å². The summed E-state index contributed by atoms with van der Waals surface area (Å²) in [5.41, 5.74) is 1.69. The molecule has 0 aliphatic carbocycles. The van der Waals surface area contributed by atoms with Crippen LogP contribution < -0.4 is 10.6 Å². The fraction of sp³-hybridized carbons (Fsp3) is 0.385. The van der Waals surface area contributed by atoms with Crippen molar-refractivity contribution in [2.24, 2.45) is 0 Å². The molecule has 0 aliphatic rings. The molecular weight excluding hydrogens is 214 g/mol. The number of nitrogens with zero attached hydrogens (tertiary/aromatic N) is 1. The van der Waals surface area contributed by atoms with Crippen LogP contribution in [0.1, 0.15) is 25.3 Å². The molecule has 1 aromatic rings. The summed E-state index contributed by atoms with van der Waals surface area (Å²) in [6.45, 7) is 2.77. The maximum absolute atomic E-state index is 11.4. The number of hydrogen-bond donors (Lipinski definition) is 2. The number of nitriles is 1. The van der Waals surface area contributed by atoms with Gasteiger partial charge in [0.15, 0.2) is 0 Å². The molecule has 0 unspecified atom stereocenters. The van der Waals surface area contributed by atoms with Crippen molar-refractivity contribution in [2.75, 3.05) is 11.9 Å². The number of carbonyl (C=O) groups is 1. The normalized spacial score (nSPS) is 9.41. The Morgan fingerprint density at radius 3 is 2.65 bits per heavy atom. The van der Waals surface area contributed by atoms with Crippen molar-refractivity contribution in [3.63, 3.8) is 0 Å². The molecule has 2 N–H and O–H groups in total. The number of urea groups is 1. The van der Waals surface area contributed by atoms with Gasteiger partial charge < -0.3 is 10.6 Å². The van der Waals surface area contributed by atoms with E-state index >= 15 is 0 Å². The lowest BCUT2D eigenvalue weighted by Gasteiger charge is -2.07. The van der Waals surface area contributed by atoms with E-state index in [1.165, 1.54) is 0 Å². The summed E-state index contributed by atoms with van der Waals surface area (Å²) < 4.78 is 0. The number of anilines is 1. The Hall–Kier alpha value is -2.02. The van der Waals surface area contributed by atoms with Crippen molar-refractivity contribution >= 4 is 11.7 Å². The number of rotatable bonds is 5. The summed E-state index contributed by atoms with van der Waals surface area (Å²) in [5.74, 6) is 0. The van der Waals surface area contributed by atoms with Crippen molar-refractivity contribution in [3.05, 3.63) is 29.8 Å². The molecule has 17 heavy (non-hydrogen) atoms. The first-order valence-corrected chi connectivity index (χ1v) is 5.77. The van der Waals surface area contributed by atoms with E-state index in [1.54, 1.807) is 12.1 Å². The molecule has 0 aliphatic heterocycles. The third-order valence-electron chi connectivity index (χ3n) is 2.31. The number of hydrogen-bond acceptors (Lipinski definition) is 2. The first-order chi connectivity index (χ1) is 8.26. The molecule has 90 valence electrons. The minimum absolute atomic E-state index is 0.188. The fourth-order valence-corrected chi connectivity index (χ4v) is 1.35. The van der Waals surface area contributed by atoms with Crippen LogP contribution in [0.4, 0.5) is 10.5 Å². The molecule has 1 aromatic carbocycles. The van der Waals surface area contributed by atoms with Gasteiger partial charge in [-0.25, -0.2) is 4.79 Å². The van der Waals surface area contributed by atoms with Gasteiger partial charge in [-0.2, -0.15) is 5.26 Å². The highest BCUT2D eigenvalue weighted by molar-refractivity contribution is 5.89. The lowest BCUT2D eigenvalue weighted by atomic mass is 10.1. The summed E-state index contributed by atoms with van der Waals surface area (Å²) in [6, 6.07) is 9.16. The smallest absolute Gasteiger partial charge is 0.319 e. The van der Waals surface area contributed by atoms with Gasteiger partial charge in [-0.15, -0.1) is 0 Å². The maximum atomic E-state index is 11.4. The average molecular weight is 231 g/mol. The molecule has 4 heteroatoms. The second-order valence-electron chi connectivity index (χ2n) is 3.77. The number of amides is 2. The quantitative estimate of drug-likeness (QED) is 0.765. The van der Waals surface area contributed by atoms with Crippen molar-refractivity contribution in [1.82, 2.24) is 5.32 Å². The van der Waals surface area contributed by atoms with E-state index in [-0.39, 0.29) is 6.03 Å². The molecule has 0 fully saturated rings. The SMILES string of the molecule is CCCCNC(=O)Nc1ccc(CC#N)cc1. The van der Waals surface area contributed by atoms with Crippen LogP contribution in [0.15, 0.2) is 24.3 Å². The minimum Gasteiger partial charge on any atom is -0.338 e. The molecule has 0 radical (unpaired) electrons. The first kappa shape index (κ1) is 13.0. The number of benzene rings is 1. The predicted octanol–water partition coefficient (Wildman–Crippen LogP) is 2.67. The van der Waals surface area contributed by atoms with Crippen LogP contribution in [0, 0.1) is 11.3 Å². The zero-order chi connectivity index (χ0) is 12.5. The highest BCUT2D eigenvalue weighted by atomic mass is 16.2. The number of unbranched alkanes of at least 4 members (excludes halogenated alkanes) is 1. The third kappa shape index (κ3) is 5.03. The van der Waals surface area contributed by atoms with E-state index in [9.17, 15) is 4.79 Å². The molecule has 0 saturated heterocycles. The standard InChI is InChI=1S/C13H17N3O/c1-2-3-10-15-13(17)16-12-6-4-11(5-7-12)8-9-14/h4-7H,2-3,8,10H2,1H3,(H2,15,16,17). The lowest BCUT2D eigenvalue weighted by Crippen LogP contribution is -2.29. The predicted molar refractivity (Wildman–Crippen MR) is 67.7 cm³/mol. The van der Waals surface area contributed by atoms with Gasteiger partial charge in [0, 0.05) is 12.2 Å². The summed E-state index contributed by atoms with van der Waals surface area (Å²) in [6.07, 6.45) is 2.43. The van der Waals surface area contributed by atoms with Gasteiger partial charge in [0.1, 0.15) is 0 Å². The molecule has 0 heterocycles. The lowest BCUT2D eigenvalue weighted by molar-refractivity contribution is 0.252. The van der Waals surface area contributed by atoms with Gasteiger partial charge in [-0.05, 0) is 24.1 Å². The summed E-state index contributed by atoms with van der Waals surface area (Å²) in [7, 11) is 0. The van der Waals surface area contributed by atoms with Crippen LogP contribution in [-0.4, -0.2) is 12.6 Å². The highest BCUT2D eigenvalue weighted by Gasteiger charge is 2.00. The second-order valence-corrected chi connectivity index (χ2v) is 3.77. The third-order valence-corrected chi connectivity index (χ3v) is 2.31. The highest BCUT2D eigenvalue weighted by Crippen LogP contribution is 2.09. The second kappa shape index (κ2) is 7.29. The Morgan fingerprint density at radius 1 is 1.35 bits per heavy atom. The number of nitrogens with one attached hydrogen (secondary N) is 2.